The number of carbonyl (C=O) groups excluding carboxylic acids is 2. The van der Waals surface area contributed by atoms with Gasteiger partial charge in [-0.25, -0.2) is 4.98 Å². The van der Waals surface area contributed by atoms with Gasteiger partial charge in [0.05, 0.1) is 10.9 Å². The number of likely N-dealkylation sites (tertiary alicyclic amines) is 1. The van der Waals surface area contributed by atoms with E-state index in [0.29, 0.717) is 47.7 Å². The van der Waals surface area contributed by atoms with Crippen LogP contribution < -0.4 is 5.56 Å². The molecule has 3 aromatic rings. The van der Waals surface area contributed by atoms with E-state index in [1.54, 1.807) is 10.6 Å². The standard InChI is InChI=1S/C23H23N3O3S/c27-20-12-13-21(28)25(20)15-16-30-23-24-19-11-5-4-10-18(19)22(29)26(23)14-6-9-17-7-2-1-3-8-17/h1-5,7-8,10-11H,6,9,12-16H2. The Morgan fingerprint density at radius 1 is 0.867 bits per heavy atom. The van der Waals surface area contributed by atoms with E-state index in [0.717, 1.165) is 12.8 Å². The van der Waals surface area contributed by atoms with Crippen LogP contribution in [-0.2, 0) is 22.6 Å². The Balaban J connectivity index is 1.52. The van der Waals surface area contributed by atoms with E-state index in [1.165, 1.54) is 22.2 Å². The summed E-state index contributed by atoms with van der Waals surface area (Å²) in [6.45, 7) is 0.907. The minimum atomic E-state index is -0.118. The van der Waals surface area contributed by atoms with Gasteiger partial charge < -0.3 is 0 Å². The van der Waals surface area contributed by atoms with E-state index in [1.807, 2.05) is 36.4 Å². The van der Waals surface area contributed by atoms with E-state index in [9.17, 15) is 14.4 Å². The Morgan fingerprint density at radius 2 is 1.57 bits per heavy atom. The van der Waals surface area contributed by atoms with Crippen molar-refractivity contribution in [3.63, 3.8) is 0 Å². The second-order valence-corrected chi connectivity index (χ2v) is 8.31. The number of thioether (sulfide) groups is 1. The highest BCUT2D eigenvalue weighted by Gasteiger charge is 2.28. The van der Waals surface area contributed by atoms with Crippen LogP contribution in [0.3, 0.4) is 0 Å². The fourth-order valence-electron chi connectivity index (χ4n) is 3.64. The zero-order valence-electron chi connectivity index (χ0n) is 16.6. The van der Waals surface area contributed by atoms with Crippen LogP contribution in [0, 0.1) is 0 Å². The monoisotopic (exact) mass is 421 g/mol. The maximum Gasteiger partial charge on any atom is 0.262 e. The van der Waals surface area contributed by atoms with Crippen molar-refractivity contribution >= 4 is 34.5 Å². The van der Waals surface area contributed by atoms with Crippen molar-refractivity contribution in [3.05, 3.63) is 70.5 Å². The number of hydrogen-bond acceptors (Lipinski definition) is 5. The molecule has 0 aliphatic carbocycles. The SMILES string of the molecule is O=C1CCC(=O)N1CCSc1nc2ccccc2c(=O)n1CCCc1ccccc1. The van der Waals surface area contributed by atoms with Gasteiger partial charge in [-0.05, 0) is 30.5 Å². The van der Waals surface area contributed by atoms with Crippen molar-refractivity contribution < 1.29 is 9.59 Å². The molecule has 0 radical (unpaired) electrons. The first-order chi connectivity index (χ1) is 14.6. The maximum absolute atomic E-state index is 13.1. The number of nitrogens with zero attached hydrogens (tertiary/aromatic N) is 3. The van der Waals surface area contributed by atoms with E-state index in [4.69, 9.17) is 4.98 Å². The summed E-state index contributed by atoms with van der Waals surface area (Å²) >= 11 is 1.42. The van der Waals surface area contributed by atoms with Gasteiger partial charge in [0, 0.05) is 31.7 Å². The summed E-state index contributed by atoms with van der Waals surface area (Å²) in [5.41, 5.74) is 1.85. The van der Waals surface area contributed by atoms with Crippen molar-refractivity contribution in [2.45, 2.75) is 37.4 Å². The van der Waals surface area contributed by atoms with Crippen LogP contribution >= 0.6 is 11.8 Å². The molecular formula is C23H23N3O3S. The van der Waals surface area contributed by atoms with Gasteiger partial charge in [-0.15, -0.1) is 0 Å². The third kappa shape index (κ3) is 4.46. The molecule has 0 spiro atoms. The molecule has 0 atom stereocenters. The molecule has 7 heteroatoms. The van der Waals surface area contributed by atoms with E-state index in [2.05, 4.69) is 12.1 Å². The molecule has 1 aromatic heterocycles. The summed E-state index contributed by atoms with van der Waals surface area (Å²) in [5.74, 6) is 0.278. The Bertz CT molecular complexity index is 1110. The fraction of sp³-hybridized carbons (Fsp3) is 0.304. The molecule has 0 N–H and O–H groups in total. The summed E-state index contributed by atoms with van der Waals surface area (Å²) in [6, 6.07) is 17.5. The first-order valence-electron chi connectivity index (χ1n) is 10.1. The minimum Gasteiger partial charge on any atom is -0.287 e. The summed E-state index contributed by atoms with van der Waals surface area (Å²) in [7, 11) is 0. The maximum atomic E-state index is 13.1. The highest BCUT2D eigenvalue weighted by atomic mass is 32.2. The fourth-order valence-corrected chi connectivity index (χ4v) is 4.59. The number of hydrogen-bond donors (Lipinski definition) is 0. The molecule has 0 unspecified atom stereocenters. The number of benzene rings is 2. The van der Waals surface area contributed by atoms with Crippen LogP contribution in [0.4, 0.5) is 0 Å². The average Bonchev–Trinajstić information content (AvgIpc) is 3.08. The second kappa shape index (κ2) is 9.26. The molecule has 2 heterocycles. The summed E-state index contributed by atoms with van der Waals surface area (Å²) in [6.07, 6.45) is 2.28. The number of aromatic nitrogens is 2. The van der Waals surface area contributed by atoms with Crippen molar-refractivity contribution in [2.24, 2.45) is 0 Å². The van der Waals surface area contributed by atoms with Gasteiger partial charge in [0.1, 0.15) is 0 Å². The van der Waals surface area contributed by atoms with E-state index in [-0.39, 0.29) is 17.4 Å². The van der Waals surface area contributed by atoms with Crippen LogP contribution in [0.5, 0.6) is 0 Å². The van der Waals surface area contributed by atoms with Gasteiger partial charge >= 0.3 is 0 Å². The zero-order valence-corrected chi connectivity index (χ0v) is 17.4. The lowest BCUT2D eigenvalue weighted by molar-refractivity contribution is -0.137. The first kappa shape index (κ1) is 20.3. The quantitative estimate of drug-likeness (QED) is 0.317. The Morgan fingerprint density at radius 3 is 2.33 bits per heavy atom. The van der Waals surface area contributed by atoms with Gasteiger partial charge in [0.2, 0.25) is 11.8 Å². The molecule has 0 bridgehead atoms. The molecule has 2 amide bonds. The van der Waals surface area contributed by atoms with Gasteiger partial charge in [-0.3, -0.25) is 23.9 Å². The van der Waals surface area contributed by atoms with Gasteiger partial charge in [-0.2, -0.15) is 0 Å². The van der Waals surface area contributed by atoms with E-state index < -0.39 is 0 Å². The molecule has 2 aromatic carbocycles. The highest BCUT2D eigenvalue weighted by Crippen LogP contribution is 2.20. The molecule has 1 saturated heterocycles. The number of amides is 2. The predicted molar refractivity (Wildman–Crippen MR) is 117 cm³/mol. The highest BCUT2D eigenvalue weighted by molar-refractivity contribution is 7.99. The predicted octanol–water partition coefficient (Wildman–Crippen LogP) is 3.27. The molecule has 1 aliphatic heterocycles. The Hall–Kier alpha value is -2.93. The van der Waals surface area contributed by atoms with Crippen molar-refractivity contribution in [1.29, 1.82) is 0 Å². The molecule has 0 saturated carbocycles. The molecule has 6 nitrogen and oxygen atoms in total. The topological polar surface area (TPSA) is 72.3 Å². The summed E-state index contributed by atoms with van der Waals surface area (Å²) in [4.78, 5) is 42.8. The van der Waals surface area contributed by atoms with Gasteiger partial charge in [-0.1, -0.05) is 54.2 Å². The van der Waals surface area contributed by atoms with Crippen molar-refractivity contribution in [2.75, 3.05) is 12.3 Å². The lowest BCUT2D eigenvalue weighted by Crippen LogP contribution is -2.31. The Kier molecular flexibility index (Phi) is 6.28. The summed E-state index contributed by atoms with van der Waals surface area (Å²) < 4.78 is 1.73. The van der Waals surface area contributed by atoms with E-state index >= 15 is 0 Å². The number of carbonyl (C=O) groups is 2. The smallest absolute Gasteiger partial charge is 0.262 e. The normalized spacial score (nSPS) is 14.1. The lowest BCUT2D eigenvalue weighted by atomic mass is 10.1. The van der Waals surface area contributed by atoms with Gasteiger partial charge in [0.25, 0.3) is 5.56 Å². The Labute approximate surface area is 178 Å². The number of imide groups is 1. The lowest BCUT2D eigenvalue weighted by Gasteiger charge is -2.15. The number of fused-ring (bicyclic) bond motifs is 1. The van der Waals surface area contributed by atoms with Crippen LogP contribution in [0.1, 0.15) is 24.8 Å². The molecule has 4 rings (SSSR count). The third-order valence-electron chi connectivity index (χ3n) is 5.22. The number of rotatable bonds is 8. The third-order valence-corrected chi connectivity index (χ3v) is 6.17. The average molecular weight is 422 g/mol. The van der Waals surface area contributed by atoms with Crippen LogP contribution in [-0.4, -0.2) is 38.6 Å². The number of para-hydroxylation sites is 1. The van der Waals surface area contributed by atoms with Crippen LogP contribution in [0.25, 0.3) is 10.9 Å². The largest absolute Gasteiger partial charge is 0.287 e. The van der Waals surface area contributed by atoms with Gasteiger partial charge in [0.15, 0.2) is 5.16 Å². The van der Waals surface area contributed by atoms with Crippen molar-refractivity contribution in [1.82, 2.24) is 14.5 Å². The minimum absolute atomic E-state index is 0.0514. The van der Waals surface area contributed by atoms with Crippen LogP contribution in [0.15, 0.2) is 64.5 Å². The molecule has 30 heavy (non-hydrogen) atoms. The molecular weight excluding hydrogens is 398 g/mol. The second-order valence-electron chi connectivity index (χ2n) is 7.25. The van der Waals surface area contributed by atoms with Crippen molar-refractivity contribution in [3.8, 4) is 0 Å². The number of aryl methyl sites for hydroxylation is 1. The molecule has 1 fully saturated rings. The first-order valence-corrected chi connectivity index (χ1v) is 11.1. The molecule has 154 valence electrons. The summed E-state index contributed by atoms with van der Waals surface area (Å²) in [5, 5.41) is 1.23. The molecule has 1 aliphatic rings. The van der Waals surface area contributed by atoms with Crippen LogP contribution in [0.2, 0.25) is 0 Å². The zero-order chi connectivity index (χ0) is 20.9.